The van der Waals surface area contributed by atoms with Gasteiger partial charge < -0.3 is 29.6 Å². The van der Waals surface area contributed by atoms with Gasteiger partial charge >= 0.3 is 12.1 Å². The first-order valence-corrected chi connectivity index (χ1v) is 10.9. The van der Waals surface area contributed by atoms with E-state index in [4.69, 9.17) is 18.9 Å². The summed E-state index contributed by atoms with van der Waals surface area (Å²) in [6.45, 7) is 7.92. The normalized spacial score (nSPS) is 11.8. The zero-order chi connectivity index (χ0) is 24.3. The molecule has 0 radical (unpaired) electrons. The lowest BCUT2D eigenvalue weighted by Gasteiger charge is -2.23. The van der Waals surface area contributed by atoms with Crippen molar-refractivity contribution in [2.24, 2.45) is 0 Å². The van der Waals surface area contributed by atoms with Gasteiger partial charge in [-0.1, -0.05) is 37.3 Å². The maximum Gasteiger partial charge on any atom is 0.407 e. The molecule has 0 saturated carbocycles. The van der Waals surface area contributed by atoms with Crippen LogP contribution in [0.1, 0.15) is 39.7 Å². The number of rotatable bonds is 11. The fourth-order valence-corrected chi connectivity index (χ4v) is 2.83. The van der Waals surface area contributed by atoms with Gasteiger partial charge in [-0.3, -0.25) is 0 Å². The van der Waals surface area contributed by atoms with Gasteiger partial charge in [0.1, 0.15) is 23.7 Å². The fourth-order valence-electron chi connectivity index (χ4n) is 2.83. The van der Waals surface area contributed by atoms with Crippen LogP contribution in [0.5, 0.6) is 11.5 Å². The first kappa shape index (κ1) is 25.8. The second kappa shape index (κ2) is 12.6. The quantitative estimate of drug-likeness (QED) is 0.478. The van der Waals surface area contributed by atoms with E-state index >= 15 is 0 Å². The number of esters is 1. The van der Waals surface area contributed by atoms with E-state index in [0.717, 1.165) is 17.7 Å². The number of amides is 1. The van der Waals surface area contributed by atoms with Crippen molar-refractivity contribution in [1.29, 1.82) is 0 Å². The van der Waals surface area contributed by atoms with Gasteiger partial charge in [-0.2, -0.15) is 0 Å². The van der Waals surface area contributed by atoms with Crippen LogP contribution >= 0.6 is 0 Å². The molecule has 1 atom stereocenters. The smallest absolute Gasteiger partial charge is 0.407 e. The van der Waals surface area contributed by atoms with Crippen LogP contribution in [0.15, 0.2) is 48.5 Å². The zero-order valence-electron chi connectivity index (χ0n) is 20.0. The summed E-state index contributed by atoms with van der Waals surface area (Å²) >= 11 is 0. The summed E-state index contributed by atoms with van der Waals surface area (Å²) in [6.07, 6.45) is 0.270. The minimum atomic E-state index is -0.553. The number of hydrogen-bond acceptors (Lipinski definition) is 7. The van der Waals surface area contributed by atoms with Crippen molar-refractivity contribution in [2.45, 2.75) is 52.4 Å². The lowest BCUT2D eigenvalue weighted by molar-refractivity contribution is -0.147. The molecule has 2 N–H and O–H groups in total. The van der Waals surface area contributed by atoms with Crippen LogP contribution in [0, 0.1) is 0 Å². The Labute approximate surface area is 195 Å². The summed E-state index contributed by atoms with van der Waals surface area (Å²) < 4.78 is 21.5. The van der Waals surface area contributed by atoms with E-state index in [1.54, 1.807) is 25.3 Å². The number of carbonyl (C=O) groups excluding carboxylic acids is 2. The third kappa shape index (κ3) is 9.72. The van der Waals surface area contributed by atoms with Gasteiger partial charge in [0, 0.05) is 18.7 Å². The summed E-state index contributed by atoms with van der Waals surface area (Å²) in [5.74, 6) is 0.573. The summed E-state index contributed by atoms with van der Waals surface area (Å²) in [6, 6.07) is 14.5. The number of methoxy groups -OCH3 is 1. The molecule has 2 aromatic rings. The Hall–Kier alpha value is -3.42. The van der Waals surface area contributed by atoms with Crippen molar-refractivity contribution in [3.63, 3.8) is 0 Å². The van der Waals surface area contributed by atoms with Crippen molar-refractivity contribution in [1.82, 2.24) is 5.32 Å². The van der Waals surface area contributed by atoms with Gasteiger partial charge in [-0.25, -0.2) is 9.59 Å². The van der Waals surface area contributed by atoms with Gasteiger partial charge in [0.05, 0.1) is 12.8 Å². The molecule has 8 heteroatoms. The minimum Gasteiger partial charge on any atom is -0.494 e. The third-order valence-electron chi connectivity index (χ3n) is 4.52. The predicted molar refractivity (Wildman–Crippen MR) is 127 cm³/mol. The summed E-state index contributed by atoms with van der Waals surface area (Å²) in [4.78, 5) is 24.0. The molecular formula is C25H34N2O6. The fraction of sp³-hybridized carbons (Fsp3) is 0.440. The molecule has 0 bridgehead atoms. The molecule has 0 heterocycles. The summed E-state index contributed by atoms with van der Waals surface area (Å²) in [5.41, 5.74) is 1.10. The minimum absolute atomic E-state index is 0.125. The third-order valence-corrected chi connectivity index (χ3v) is 4.52. The largest absolute Gasteiger partial charge is 0.494 e. The molecule has 0 saturated heterocycles. The van der Waals surface area contributed by atoms with E-state index < -0.39 is 17.7 Å². The Morgan fingerprint density at radius 1 is 1.06 bits per heavy atom. The molecule has 180 valence electrons. The van der Waals surface area contributed by atoms with Crippen molar-refractivity contribution < 1.29 is 28.5 Å². The number of nitrogens with one attached hydrogen (secondary N) is 2. The molecule has 0 unspecified atom stereocenters. The lowest BCUT2D eigenvalue weighted by Crippen LogP contribution is -2.42. The molecular weight excluding hydrogens is 424 g/mol. The van der Waals surface area contributed by atoms with Crippen LogP contribution < -0.4 is 20.1 Å². The van der Waals surface area contributed by atoms with Crippen LogP contribution in [0.25, 0.3) is 0 Å². The van der Waals surface area contributed by atoms with Crippen LogP contribution in [0.2, 0.25) is 0 Å². The van der Waals surface area contributed by atoms with Crippen molar-refractivity contribution >= 4 is 17.7 Å². The first-order chi connectivity index (χ1) is 15.7. The number of alkyl carbamates (subject to hydrolysis) is 1. The summed E-state index contributed by atoms with van der Waals surface area (Å²) in [5, 5.41) is 6.13. The molecule has 0 aliphatic heterocycles. The molecule has 2 rings (SSSR count). The number of hydrogen-bond donors (Lipinski definition) is 2. The van der Waals surface area contributed by atoms with Crippen molar-refractivity contribution in [2.75, 3.05) is 25.6 Å². The molecule has 0 aliphatic carbocycles. The second-order valence-electron chi connectivity index (χ2n) is 8.43. The molecule has 0 aromatic heterocycles. The average Bonchev–Trinajstić information content (AvgIpc) is 2.78. The topological polar surface area (TPSA) is 95.1 Å². The van der Waals surface area contributed by atoms with Gasteiger partial charge in [-0.05, 0) is 44.9 Å². The monoisotopic (exact) mass is 458 g/mol. The first-order valence-electron chi connectivity index (χ1n) is 10.9. The lowest BCUT2D eigenvalue weighted by atomic mass is 10.2. The van der Waals surface area contributed by atoms with E-state index in [1.807, 2.05) is 58.0 Å². The van der Waals surface area contributed by atoms with Crippen LogP contribution in [0.4, 0.5) is 10.5 Å². The van der Waals surface area contributed by atoms with E-state index in [0.29, 0.717) is 18.0 Å². The maximum absolute atomic E-state index is 12.0. The molecule has 33 heavy (non-hydrogen) atoms. The number of benzene rings is 2. The SMILES string of the molecule is CC[C@@H](CNc1ccc(OCC(=O)OCc2ccccc2)cc1OC)NC(=O)OC(C)(C)C. The van der Waals surface area contributed by atoms with E-state index in [-0.39, 0.29) is 19.3 Å². The number of carbonyl (C=O) groups is 2. The number of anilines is 1. The highest BCUT2D eigenvalue weighted by atomic mass is 16.6. The Balaban J connectivity index is 1.85. The van der Waals surface area contributed by atoms with Gasteiger partial charge in [0.25, 0.3) is 0 Å². The van der Waals surface area contributed by atoms with E-state index in [2.05, 4.69) is 10.6 Å². The summed E-state index contributed by atoms with van der Waals surface area (Å²) in [7, 11) is 1.55. The number of ether oxygens (including phenoxy) is 4. The van der Waals surface area contributed by atoms with Crippen LogP contribution in [-0.4, -0.2) is 44.0 Å². The average molecular weight is 459 g/mol. The second-order valence-corrected chi connectivity index (χ2v) is 8.43. The van der Waals surface area contributed by atoms with Crippen LogP contribution in [0.3, 0.4) is 0 Å². The highest BCUT2D eigenvalue weighted by molar-refractivity contribution is 5.71. The Bertz CT molecular complexity index is 896. The van der Waals surface area contributed by atoms with Gasteiger partial charge in [0.2, 0.25) is 0 Å². The highest BCUT2D eigenvalue weighted by Crippen LogP contribution is 2.29. The molecule has 1 amide bonds. The molecule has 0 aliphatic rings. The van der Waals surface area contributed by atoms with E-state index in [1.165, 1.54) is 0 Å². The Morgan fingerprint density at radius 3 is 2.42 bits per heavy atom. The van der Waals surface area contributed by atoms with Gasteiger partial charge in [-0.15, -0.1) is 0 Å². The van der Waals surface area contributed by atoms with Crippen molar-refractivity contribution in [3.8, 4) is 11.5 Å². The maximum atomic E-state index is 12.0. The molecule has 0 fully saturated rings. The van der Waals surface area contributed by atoms with Crippen LogP contribution in [-0.2, 0) is 20.9 Å². The highest BCUT2D eigenvalue weighted by Gasteiger charge is 2.19. The zero-order valence-corrected chi connectivity index (χ0v) is 20.0. The molecule has 2 aromatic carbocycles. The standard InChI is InChI=1S/C25H34N2O6/c1-6-19(27-24(29)33-25(2,3)4)15-26-21-13-12-20(14-22(21)30-5)31-17-23(28)32-16-18-10-8-7-9-11-18/h7-14,19,26H,6,15-17H2,1-5H3,(H,27,29)/t19-/m0/s1. The van der Waals surface area contributed by atoms with Gasteiger partial charge in [0.15, 0.2) is 6.61 Å². The Morgan fingerprint density at radius 2 is 1.79 bits per heavy atom. The molecule has 0 spiro atoms. The predicted octanol–water partition coefficient (Wildman–Crippen LogP) is 4.53. The van der Waals surface area contributed by atoms with Crippen molar-refractivity contribution in [3.05, 3.63) is 54.1 Å². The Kier molecular flexibility index (Phi) is 9.84. The molecule has 8 nitrogen and oxygen atoms in total. The van der Waals surface area contributed by atoms with E-state index in [9.17, 15) is 9.59 Å².